The summed E-state index contributed by atoms with van der Waals surface area (Å²) >= 11 is 0. The molecule has 1 aromatic carbocycles. The van der Waals surface area contributed by atoms with Gasteiger partial charge in [0.15, 0.2) is 0 Å². The Morgan fingerprint density at radius 1 is 1.04 bits per heavy atom. The number of hydrogen-bond donors (Lipinski definition) is 2. The summed E-state index contributed by atoms with van der Waals surface area (Å²) in [6, 6.07) is 7.69. The average Bonchev–Trinajstić information content (AvgIpc) is 2.63. The van der Waals surface area contributed by atoms with Crippen molar-refractivity contribution in [1.29, 1.82) is 0 Å². The van der Waals surface area contributed by atoms with Gasteiger partial charge in [0.1, 0.15) is 0 Å². The van der Waals surface area contributed by atoms with Gasteiger partial charge in [-0.2, -0.15) is 0 Å². The normalized spacial score (nSPS) is 31.7. The molecule has 4 nitrogen and oxygen atoms in total. The average molecular weight is 367 g/mol. The summed E-state index contributed by atoms with van der Waals surface area (Å²) in [6.45, 7) is 2.12. The first-order valence-electron chi connectivity index (χ1n) is 10.2. The molecule has 0 heterocycles. The van der Waals surface area contributed by atoms with Crippen LogP contribution in [-0.2, 0) is 16.1 Å². The van der Waals surface area contributed by atoms with Crippen LogP contribution < -0.4 is 5.32 Å². The molecule has 0 radical (unpaired) electrons. The van der Waals surface area contributed by atoms with Crippen LogP contribution in [0.5, 0.6) is 0 Å². The van der Waals surface area contributed by atoms with Crippen LogP contribution in [0.2, 0.25) is 0 Å². The van der Waals surface area contributed by atoms with Crippen LogP contribution in [0, 0.1) is 29.6 Å². The van der Waals surface area contributed by atoms with Crippen LogP contribution >= 0.6 is 0 Å². The second kappa shape index (κ2) is 7.49. The maximum absolute atomic E-state index is 12.5. The van der Waals surface area contributed by atoms with Gasteiger partial charge in [0.2, 0.25) is 5.91 Å². The number of benzene rings is 1. The molecule has 0 saturated heterocycles. The molecular weight excluding hydrogens is 338 g/mol. The lowest BCUT2D eigenvalue weighted by Gasteiger charge is -2.54. The van der Waals surface area contributed by atoms with Crippen LogP contribution in [-0.4, -0.2) is 17.0 Å². The third-order valence-electron chi connectivity index (χ3n) is 7.03. The topological polar surface area (TPSA) is 66.4 Å². The summed E-state index contributed by atoms with van der Waals surface area (Å²) in [5, 5.41) is 12.0. The van der Waals surface area contributed by atoms with Crippen molar-refractivity contribution in [3.63, 3.8) is 0 Å². The van der Waals surface area contributed by atoms with Crippen LogP contribution in [0.25, 0.3) is 6.08 Å². The molecule has 2 N–H and O–H groups in total. The summed E-state index contributed by atoms with van der Waals surface area (Å²) in [7, 11) is 0. The monoisotopic (exact) mass is 367 g/mol. The van der Waals surface area contributed by atoms with E-state index in [-0.39, 0.29) is 5.91 Å². The highest BCUT2D eigenvalue weighted by Crippen LogP contribution is 2.57. The van der Waals surface area contributed by atoms with Gasteiger partial charge in [-0.25, -0.2) is 4.79 Å². The Morgan fingerprint density at radius 3 is 2.19 bits per heavy atom. The molecule has 4 bridgehead atoms. The summed E-state index contributed by atoms with van der Waals surface area (Å²) in [5.41, 5.74) is 2.21. The van der Waals surface area contributed by atoms with Crippen molar-refractivity contribution in [1.82, 2.24) is 5.32 Å². The molecule has 0 atom stereocenters. The molecule has 0 aliphatic heterocycles. The second-order valence-corrected chi connectivity index (χ2v) is 8.95. The van der Waals surface area contributed by atoms with Gasteiger partial charge < -0.3 is 10.4 Å². The van der Waals surface area contributed by atoms with Crippen molar-refractivity contribution in [2.24, 2.45) is 29.6 Å². The molecule has 0 spiro atoms. The summed E-state index contributed by atoms with van der Waals surface area (Å²) in [4.78, 5) is 23.4. The van der Waals surface area contributed by atoms with E-state index in [0.29, 0.717) is 24.5 Å². The van der Waals surface area contributed by atoms with Crippen LogP contribution in [0.1, 0.15) is 56.6 Å². The van der Waals surface area contributed by atoms with Crippen molar-refractivity contribution >= 4 is 18.0 Å². The van der Waals surface area contributed by atoms with Gasteiger partial charge in [0.25, 0.3) is 0 Å². The maximum Gasteiger partial charge on any atom is 0.331 e. The molecule has 4 aliphatic rings. The minimum absolute atomic E-state index is 0.179. The number of carboxylic acids is 1. The molecule has 4 saturated carbocycles. The first-order valence-corrected chi connectivity index (χ1v) is 10.2. The molecule has 4 heteroatoms. The van der Waals surface area contributed by atoms with E-state index in [1.54, 1.807) is 13.0 Å². The van der Waals surface area contributed by atoms with Crippen molar-refractivity contribution in [2.45, 2.75) is 52.0 Å². The Balaban J connectivity index is 1.28. The number of rotatable bonds is 6. The maximum atomic E-state index is 12.5. The van der Waals surface area contributed by atoms with E-state index in [1.807, 2.05) is 24.3 Å². The van der Waals surface area contributed by atoms with E-state index in [2.05, 4.69) is 5.32 Å². The minimum Gasteiger partial charge on any atom is -0.478 e. The Hall–Kier alpha value is -2.10. The van der Waals surface area contributed by atoms with E-state index in [4.69, 9.17) is 5.11 Å². The number of aliphatic carboxylic acids is 1. The SMILES string of the molecule is CC(=Cc1ccc(CNC(=O)CC2C3CC4CC(C3)CC2C4)cc1)C(=O)O. The highest BCUT2D eigenvalue weighted by Gasteiger charge is 2.48. The summed E-state index contributed by atoms with van der Waals surface area (Å²) < 4.78 is 0. The fraction of sp³-hybridized carbons (Fsp3) is 0.565. The quantitative estimate of drug-likeness (QED) is 0.739. The molecule has 4 aliphatic carbocycles. The van der Waals surface area contributed by atoms with E-state index < -0.39 is 5.97 Å². The third kappa shape index (κ3) is 4.10. The van der Waals surface area contributed by atoms with Gasteiger partial charge in [0, 0.05) is 18.5 Å². The molecule has 5 rings (SSSR count). The van der Waals surface area contributed by atoms with Crippen LogP contribution in [0.4, 0.5) is 0 Å². The smallest absolute Gasteiger partial charge is 0.331 e. The molecule has 1 aromatic rings. The molecule has 0 unspecified atom stereocenters. The Morgan fingerprint density at radius 2 is 1.63 bits per heavy atom. The highest BCUT2D eigenvalue weighted by atomic mass is 16.4. The molecule has 27 heavy (non-hydrogen) atoms. The first kappa shape index (κ1) is 18.3. The Kier molecular flexibility index (Phi) is 5.07. The zero-order valence-electron chi connectivity index (χ0n) is 16.0. The number of carboxylic acid groups (broad SMARTS) is 1. The van der Waals surface area contributed by atoms with E-state index in [1.165, 1.54) is 32.1 Å². The van der Waals surface area contributed by atoms with Gasteiger partial charge >= 0.3 is 5.97 Å². The lowest BCUT2D eigenvalue weighted by Crippen LogP contribution is -2.46. The lowest BCUT2D eigenvalue weighted by atomic mass is 9.51. The zero-order valence-corrected chi connectivity index (χ0v) is 16.0. The van der Waals surface area contributed by atoms with E-state index in [0.717, 1.165) is 34.8 Å². The molecule has 4 fully saturated rings. The van der Waals surface area contributed by atoms with E-state index in [9.17, 15) is 9.59 Å². The predicted molar refractivity (Wildman–Crippen MR) is 105 cm³/mol. The van der Waals surface area contributed by atoms with Crippen molar-refractivity contribution in [3.8, 4) is 0 Å². The third-order valence-corrected chi connectivity index (χ3v) is 7.03. The second-order valence-electron chi connectivity index (χ2n) is 8.95. The summed E-state index contributed by atoms with van der Waals surface area (Å²) in [5.74, 6) is 3.35. The standard InChI is InChI=1S/C23H29NO3/c1-14(23(26)27)6-15-2-4-16(5-3-15)13-24-22(25)12-21-19-8-17-7-18(10-19)11-20(21)9-17/h2-6,17-21H,7-13H2,1H3,(H,24,25)(H,26,27). The zero-order chi connectivity index (χ0) is 19.0. The number of nitrogens with one attached hydrogen (secondary N) is 1. The van der Waals surface area contributed by atoms with Crippen molar-refractivity contribution in [2.75, 3.05) is 0 Å². The predicted octanol–water partition coefficient (Wildman–Crippen LogP) is 4.25. The lowest BCUT2D eigenvalue weighted by molar-refractivity contribution is -0.132. The Labute approximate surface area is 161 Å². The molecule has 1 amide bonds. The van der Waals surface area contributed by atoms with Gasteiger partial charge in [0.05, 0.1) is 0 Å². The highest BCUT2D eigenvalue weighted by molar-refractivity contribution is 5.91. The first-order chi connectivity index (χ1) is 13.0. The molecule has 144 valence electrons. The van der Waals surface area contributed by atoms with Gasteiger partial charge in [-0.3, -0.25) is 4.79 Å². The van der Waals surface area contributed by atoms with E-state index >= 15 is 0 Å². The van der Waals surface area contributed by atoms with Crippen LogP contribution in [0.3, 0.4) is 0 Å². The largest absolute Gasteiger partial charge is 0.478 e. The van der Waals surface area contributed by atoms with Gasteiger partial charge in [-0.05, 0) is 85.8 Å². The molecular formula is C23H29NO3. The fourth-order valence-corrected chi connectivity index (χ4v) is 5.90. The van der Waals surface area contributed by atoms with Crippen molar-refractivity contribution in [3.05, 3.63) is 41.0 Å². The number of carbonyl (C=O) groups is 2. The van der Waals surface area contributed by atoms with Gasteiger partial charge in [-0.15, -0.1) is 0 Å². The van der Waals surface area contributed by atoms with Gasteiger partial charge in [-0.1, -0.05) is 24.3 Å². The number of hydrogen-bond acceptors (Lipinski definition) is 2. The molecule has 0 aromatic heterocycles. The van der Waals surface area contributed by atoms with Crippen LogP contribution in [0.15, 0.2) is 29.8 Å². The Bertz CT molecular complexity index is 721. The summed E-state index contributed by atoms with van der Waals surface area (Å²) in [6.07, 6.45) is 9.21. The number of carbonyl (C=O) groups excluding carboxylic acids is 1. The fourth-order valence-electron chi connectivity index (χ4n) is 5.90. The number of amides is 1. The minimum atomic E-state index is -0.906. The van der Waals surface area contributed by atoms with Crippen molar-refractivity contribution < 1.29 is 14.7 Å².